The van der Waals surface area contributed by atoms with Crippen LogP contribution in [-0.4, -0.2) is 29.5 Å². The van der Waals surface area contributed by atoms with E-state index in [2.05, 4.69) is 29.4 Å². The minimum absolute atomic E-state index is 0. The van der Waals surface area contributed by atoms with E-state index < -0.39 is 14.1 Å². The molecule has 0 heterocycles. The zero-order chi connectivity index (χ0) is 24.1. The maximum atomic E-state index is 7.27. The van der Waals surface area contributed by atoms with E-state index in [1.165, 1.54) is 5.56 Å². The van der Waals surface area contributed by atoms with E-state index >= 15 is 0 Å². The Morgan fingerprint density at radius 1 is 1.09 bits per heavy atom. The van der Waals surface area contributed by atoms with Crippen LogP contribution in [0.25, 0.3) is 0 Å². The number of hydrogen-bond donors (Lipinski definition) is 2. The van der Waals surface area contributed by atoms with Crippen LogP contribution in [0, 0.1) is 24.4 Å². The van der Waals surface area contributed by atoms with E-state index in [9.17, 15) is 0 Å². The molecule has 9 nitrogen and oxygen atoms in total. The van der Waals surface area contributed by atoms with Crippen LogP contribution in [-0.2, 0) is 60.4 Å². The molecule has 2 unspecified atom stereocenters. The van der Waals surface area contributed by atoms with Crippen molar-refractivity contribution in [2.24, 2.45) is 15.3 Å². The van der Waals surface area contributed by atoms with Gasteiger partial charge in [-0.1, -0.05) is 23.5 Å². The Kier molecular flexibility index (Phi) is 20.1. The van der Waals surface area contributed by atoms with E-state index in [-0.39, 0.29) is 50.6 Å². The SMILES string of the molecule is [CH2-]N([CH2-])CCc1ccc(O[P+](=S)N(C)/N=C/c2ccc(O/N=N\PP(P=N)P=N)cc2)cc1.[W].[W]. The van der Waals surface area contributed by atoms with Crippen LogP contribution in [0.15, 0.2) is 63.8 Å². The number of hydrazone groups is 1. The zero-order valence-corrected chi connectivity index (χ0v) is 29.9. The first-order valence-electron chi connectivity index (χ1n) is 9.29. The number of benzene rings is 2. The second-order valence-electron chi connectivity index (χ2n) is 6.28. The fourth-order valence-corrected chi connectivity index (χ4v) is 6.07. The Morgan fingerprint density at radius 3 is 2.26 bits per heavy atom. The average Bonchev–Trinajstić information content (AvgIpc) is 2.82. The summed E-state index contributed by atoms with van der Waals surface area (Å²) in [7, 11) is 8.91. The van der Waals surface area contributed by atoms with Crippen LogP contribution in [0.2, 0.25) is 0 Å². The monoisotopic (exact) mass is 924 g/mol. The van der Waals surface area contributed by atoms with E-state index in [0.29, 0.717) is 27.6 Å². The van der Waals surface area contributed by atoms with Gasteiger partial charge in [-0.3, -0.25) is 14.8 Å². The molecule has 0 saturated carbocycles. The first-order valence-corrected chi connectivity index (χ1v) is 17.8. The van der Waals surface area contributed by atoms with Gasteiger partial charge in [-0.25, -0.2) is 0 Å². The second kappa shape index (κ2) is 20.0. The molecule has 2 aromatic rings. The number of hydrogen-bond acceptors (Lipinski definition) is 9. The summed E-state index contributed by atoms with van der Waals surface area (Å²) in [5.41, 5.74) is 2.05. The first kappa shape index (κ1) is 35.0. The first-order chi connectivity index (χ1) is 15.9. The van der Waals surface area contributed by atoms with Crippen molar-refractivity contribution in [3.8, 4) is 11.5 Å². The fourth-order valence-electron chi connectivity index (χ4n) is 2.15. The molecule has 0 aliphatic heterocycles. The summed E-state index contributed by atoms with van der Waals surface area (Å²) in [6.07, 6.45) is 2.56. The summed E-state index contributed by atoms with van der Waals surface area (Å²) in [5, 5.41) is 22.6. The number of nitrogens with zero attached hydrogens (tertiary/aromatic N) is 5. The van der Waals surface area contributed by atoms with E-state index in [1.807, 2.05) is 36.4 Å². The molecule has 2 atom stereocenters. The third kappa shape index (κ3) is 14.5. The van der Waals surface area contributed by atoms with Crippen LogP contribution in [0.4, 0.5) is 0 Å². The van der Waals surface area contributed by atoms with E-state index in [4.69, 9.17) is 31.5 Å². The molecular formula is C18H23N7O2P5SW2-. The molecule has 0 amide bonds. The Labute approximate surface area is 247 Å². The molecule has 0 aliphatic rings. The number of rotatable bonds is 14. The van der Waals surface area contributed by atoms with Gasteiger partial charge in [0.1, 0.15) is 0 Å². The minimum Gasteiger partial charge on any atom is -0.610 e. The Bertz CT molecular complexity index is 980. The van der Waals surface area contributed by atoms with Crippen LogP contribution in [0.5, 0.6) is 11.5 Å². The predicted molar refractivity (Wildman–Crippen MR) is 144 cm³/mol. The molecule has 35 heavy (non-hydrogen) atoms. The van der Waals surface area contributed by atoms with Crippen molar-refractivity contribution in [3.63, 3.8) is 0 Å². The summed E-state index contributed by atoms with van der Waals surface area (Å²) in [6.45, 7) is 0.0201. The molecule has 0 spiro atoms. The van der Waals surface area contributed by atoms with Crippen LogP contribution >= 0.6 is 38.6 Å². The molecule has 0 saturated heterocycles. The molecule has 2 aromatic carbocycles. The second-order valence-corrected chi connectivity index (χ2v) is 18.6. The summed E-state index contributed by atoms with van der Waals surface area (Å²) < 4.78 is 7.47. The van der Waals surface area contributed by atoms with Gasteiger partial charge < -0.3 is 23.8 Å². The van der Waals surface area contributed by atoms with Crippen LogP contribution in [0.1, 0.15) is 11.1 Å². The Hall–Kier alpha value is 0.0266. The molecule has 0 fully saturated rings. The van der Waals surface area contributed by atoms with Crippen molar-refractivity contribution in [1.29, 1.82) is 10.3 Å². The normalized spacial score (nSPS) is 12.7. The molecule has 2 rings (SSSR count). The predicted octanol–water partition coefficient (Wildman–Crippen LogP) is 8.21. The van der Waals surface area contributed by atoms with Gasteiger partial charge in [0.15, 0.2) is 11.5 Å². The smallest absolute Gasteiger partial charge is 0.540 e. The molecule has 0 aliphatic carbocycles. The van der Waals surface area contributed by atoms with Gasteiger partial charge in [-0.2, -0.15) is 0 Å². The third-order valence-electron chi connectivity index (χ3n) is 3.82. The molecule has 2 N–H and O–H groups in total. The van der Waals surface area contributed by atoms with Gasteiger partial charge in [0.25, 0.3) is 0 Å². The van der Waals surface area contributed by atoms with Gasteiger partial charge in [-0.15, -0.1) is 9.99 Å². The van der Waals surface area contributed by atoms with Gasteiger partial charge in [-0.05, 0) is 53.9 Å². The minimum atomic E-state index is -1.35. The van der Waals surface area contributed by atoms with Crippen molar-refractivity contribution in [1.82, 2.24) is 9.68 Å². The Balaban J connectivity index is 0.00000578. The molecule has 17 heteroatoms. The van der Waals surface area contributed by atoms with Crippen molar-refractivity contribution < 1.29 is 51.5 Å². The van der Waals surface area contributed by atoms with Gasteiger partial charge in [0.2, 0.25) is 11.8 Å². The van der Waals surface area contributed by atoms with Gasteiger partial charge in [0.05, 0.1) is 28.7 Å². The van der Waals surface area contributed by atoms with E-state index in [1.54, 1.807) is 35.1 Å². The standard InChI is InChI=1S/C18H23N7O2P5S.2W/c1-24(2)13-12-15-4-10-18(11-5-15)27-31(33)25(3)21-14-16-6-8-17(9-7-16)26-22-23-30-32(28-19)29-20;;/h4-11,14,19-20,30H,1-2,12-13H2,3H3;;/q-1;;/b21-14+,23-22-;;. The average molecular weight is 924 g/mol. The third-order valence-corrected chi connectivity index (χ3v) is 13.4. The van der Waals surface area contributed by atoms with Crippen molar-refractivity contribution in [2.45, 2.75) is 6.42 Å². The summed E-state index contributed by atoms with van der Waals surface area (Å²) in [6, 6.07) is 15.0. The van der Waals surface area contributed by atoms with Crippen molar-refractivity contribution >= 4 is 56.6 Å². The van der Waals surface area contributed by atoms with Gasteiger partial charge >= 0.3 is 7.07 Å². The maximum Gasteiger partial charge on any atom is 0.540 e. The van der Waals surface area contributed by atoms with Crippen LogP contribution < -0.4 is 9.36 Å². The van der Waals surface area contributed by atoms with Crippen molar-refractivity contribution in [3.05, 3.63) is 73.8 Å². The molecule has 0 bridgehead atoms. The topological polar surface area (TPSA) is 110 Å². The zero-order valence-electron chi connectivity index (χ0n) is 18.6. The maximum absolute atomic E-state index is 7.27. The quantitative estimate of drug-likeness (QED) is 0.0653. The van der Waals surface area contributed by atoms with Crippen LogP contribution in [0.3, 0.4) is 0 Å². The van der Waals surface area contributed by atoms with E-state index in [0.717, 1.165) is 18.5 Å². The molecule has 0 aromatic heterocycles. The largest absolute Gasteiger partial charge is 0.610 e. The van der Waals surface area contributed by atoms with Gasteiger partial charge in [0, 0.05) is 63.5 Å². The summed E-state index contributed by atoms with van der Waals surface area (Å²) in [4.78, 5) is 10.8. The summed E-state index contributed by atoms with van der Waals surface area (Å²) in [5.74, 6) is 1.25. The molecule has 186 valence electrons. The van der Waals surface area contributed by atoms with Crippen molar-refractivity contribution in [2.75, 3.05) is 13.6 Å². The molecular weight excluding hydrogens is 901 g/mol. The number of nitrogens with one attached hydrogen (secondary N) is 2. The Morgan fingerprint density at radius 2 is 1.69 bits per heavy atom. The fraction of sp³-hybridized carbons (Fsp3) is 0.167. The molecule has 0 radical (unpaired) electrons. The summed E-state index contributed by atoms with van der Waals surface area (Å²) >= 11 is 5.46.